The van der Waals surface area contributed by atoms with E-state index in [1.54, 1.807) is 13.2 Å². The first-order valence-corrected chi connectivity index (χ1v) is 7.67. The van der Waals surface area contributed by atoms with E-state index in [4.69, 9.17) is 13.9 Å². The fourth-order valence-electron chi connectivity index (χ4n) is 2.49. The van der Waals surface area contributed by atoms with E-state index in [1.807, 2.05) is 60.7 Å². The maximum Gasteiger partial charge on any atom is 0.374 e. The summed E-state index contributed by atoms with van der Waals surface area (Å²) >= 11 is 0. The molecule has 24 heavy (non-hydrogen) atoms. The molecule has 3 aromatic rings. The van der Waals surface area contributed by atoms with Gasteiger partial charge in [0.1, 0.15) is 12.2 Å². The minimum absolute atomic E-state index is 0.178. The predicted molar refractivity (Wildman–Crippen MR) is 92.7 cm³/mol. The third-order valence-electron chi connectivity index (χ3n) is 3.59. The molecule has 2 aromatic carbocycles. The Hall–Kier alpha value is -2.85. The summed E-state index contributed by atoms with van der Waals surface area (Å²) in [4.78, 5) is 12.3. The van der Waals surface area contributed by atoms with Crippen LogP contribution in [0.25, 0.3) is 17.0 Å². The SMILES string of the molecule is COCc1c(C(=O)OC/C=C/c2ccccc2)oc2ccccc12. The molecule has 0 radical (unpaired) electrons. The van der Waals surface area contributed by atoms with Crippen molar-refractivity contribution >= 4 is 23.0 Å². The second-order valence-electron chi connectivity index (χ2n) is 5.25. The van der Waals surface area contributed by atoms with Crippen LogP contribution in [0.3, 0.4) is 0 Å². The van der Waals surface area contributed by atoms with Crippen molar-refractivity contribution < 1.29 is 18.7 Å². The molecule has 1 heterocycles. The molecule has 122 valence electrons. The number of fused-ring (bicyclic) bond motifs is 1. The number of para-hydroxylation sites is 1. The number of rotatable bonds is 6. The Morgan fingerprint density at radius 2 is 1.83 bits per heavy atom. The topological polar surface area (TPSA) is 48.7 Å². The maximum absolute atomic E-state index is 12.3. The zero-order valence-electron chi connectivity index (χ0n) is 13.4. The molecule has 0 aliphatic heterocycles. The van der Waals surface area contributed by atoms with Crippen molar-refractivity contribution in [2.45, 2.75) is 6.61 Å². The molecule has 0 N–H and O–H groups in total. The van der Waals surface area contributed by atoms with Crippen molar-refractivity contribution in [3.05, 3.63) is 77.6 Å². The number of ether oxygens (including phenoxy) is 2. The van der Waals surface area contributed by atoms with E-state index in [0.29, 0.717) is 17.8 Å². The van der Waals surface area contributed by atoms with E-state index in [2.05, 4.69) is 0 Å². The highest BCUT2D eigenvalue weighted by atomic mass is 16.5. The highest BCUT2D eigenvalue weighted by Gasteiger charge is 2.21. The van der Waals surface area contributed by atoms with E-state index in [1.165, 1.54) is 0 Å². The lowest BCUT2D eigenvalue weighted by molar-refractivity contribution is 0.0510. The third-order valence-corrected chi connectivity index (χ3v) is 3.59. The first-order chi connectivity index (χ1) is 11.8. The van der Waals surface area contributed by atoms with Gasteiger partial charge in [-0.25, -0.2) is 4.79 Å². The molecule has 0 fully saturated rings. The van der Waals surface area contributed by atoms with Crippen molar-refractivity contribution in [3.63, 3.8) is 0 Å². The van der Waals surface area contributed by atoms with Gasteiger partial charge in [-0.2, -0.15) is 0 Å². The van der Waals surface area contributed by atoms with E-state index >= 15 is 0 Å². The smallest absolute Gasteiger partial charge is 0.374 e. The Morgan fingerprint density at radius 1 is 1.08 bits per heavy atom. The Labute approximate surface area is 140 Å². The molecular formula is C20H18O4. The first kappa shape index (κ1) is 16.0. The average molecular weight is 322 g/mol. The molecule has 4 heteroatoms. The van der Waals surface area contributed by atoms with Gasteiger partial charge in [0, 0.05) is 18.1 Å². The zero-order valence-corrected chi connectivity index (χ0v) is 13.4. The van der Waals surface area contributed by atoms with Gasteiger partial charge in [-0.3, -0.25) is 0 Å². The Bertz CT molecular complexity index is 846. The van der Waals surface area contributed by atoms with Crippen LogP contribution in [0.2, 0.25) is 0 Å². The lowest BCUT2D eigenvalue weighted by Crippen LogP contribution is -2.07. The van der Waals surface area contributed by atoms with Gasteiger partial charge in [-0.1, -0.05) is 54.6 Å². The minimum Gasteiger partial charge on any atom is -0.456 e. The molecule has 4 nitrogen and oxygen atoms in total. The summed E-state index contributed by atoms with van der Waals surface area (Å²) < 4.78 is 16.1. The highest BCUT2D eigenvalue weighted by Crippen LogP contribution is 2.27. The normalized spacial score (nSPS) is 11.2. The van der Waals surface area contributed by atoms with E-state index in [0.717, 1.165) is 10.9 Å². The van der Waals surface area contributed by atoms with Gasteiger partial charge in [-0.05, 0) is 17.7 Å². The predicted octanol–water partition coefficient (Wildman–Crippen LogP) is 4.45. The summed E-state index contributed by atoms with van der Waals surface area (Å²) in [7, 11) is 1.58. The molecule has 0 bridgehead atoms. The monoisotopic (exact) mass is 322 g/mol. The van der Waals surface area contributed by atoms with Gasteiger partial charge in [-0.15, -0.1) is 0 Å². The Morgan fingerprint density at radius 3 is 2.62 bits per heavy atom. The number of carbonyl (C=O) groups is 1. The second-order valence-corrected chi connectivity index (χ2v) is 5.25. The van der Waals surface area contributed by atoms with E-state index < -0.39 is 5.97 Å². The van der Waals surface area contributed by atoms with Crippen molar-refractivity contribution in [2.24, 2.45) is 0 Å². The number of furan rings is 1. The molecule has 0 saturated carbocycles. The van der Waals surface area contributed by atoms with Gasteiger partial charge in [0.05, 0.1) is 6.61 Å². The number of benzene rings is 2. The van der Waals surface area contributed by atoms with Gasteiger partial charge in [0.2, 0.25) is 5.76 Å². The van der Waals surface area contributed by atoms with Gasteiger partial charge in [0.15, 0.2) is 0 Å². The van der Waals surface area contributed by atoms with Crippen LogP contribution in [0.4, 0.5) is 0 Å². The number of carbonyl (C=O) groups excluding carboxylic acids is 1. The molecule has 3 rings (SSSR count). The Balaban J connectivity index is 1.72. The van der Waals surface area contributed by atoms with Crippen LogP contribution in [-0.2, 0) is 16.1 Å². The van der Waals surface area contributed by atoms with Crippen LogP contribution in [0.15, 0.2) is 65.1 Å². The summed E-state index contributed by atoms with van der Waals surface area (Å²) in [5, 5.41) is 0.867. The molecule has 0 saturated heterocycles. The molecule has 0 aliphatic rings. The minimum atomic E-state index is -0.490. The van der Waals surface area contributed by atoms with Crippen molar-refractivity contribution in [1.82, 2.24) is 0 Å². The zero-order chi connectivity index (χ0) is 16.8. The fourth-order valence-corrected chi connectivity index (χ4v) is 2.49. The summed E-state index contributed by atoms with van der Waals surface area (Å²) in [6.45, 7) is 0.471. The summed E-state index contributed by atoms with van der Waals surface area (Å²) in [6.07, 6.45) is 3.70. The average Bonchev–Trinajstić information content (AvgIpc) is 2.99. The Kier molecular flexibility index (Phi) is 5.08. The molecular weight excluding hydrogens is 304 g/mol. The van der Waals surface area contributed by atoms with E-state index in [-0.39, 0.29) is 12.4 Å². The third kappa shape index (κ3) is 3.55. The fraction of sp³-hybridized carbons (Fsp3) is 0.150. The quantitative estimate of drug-likeness (QED) is 0.629. The van der Waals surface area contributed by atoms with Gasteiger partial charge >= 0.3 is 5.97 Å². The number of esters is 1. The lowest BCUT2D eigenvalue weighted by Gasteiger charge is -2.02. The second kappa shape index (κ2) is 7.62. The van der Waals surface area contributed by atoms with Crippen LogP contribution < -0.4 is 0 Å². The highest BCUT2D eigenvalue weighted by molar-refractivity contribution is 5.96. The van der Waals surface area contributed by atoms with Gasteiger partial charge in [0.25, 0.3) is 0 Å². The number of hydrogen-bond donors (Lipinski definition) is 0. The largest absolute Gasteiger partial charge is 0.456 e. The van der Waals surface area contributed by atoms with Crippen LogP contribution >= 0.6 is 0 Å². The molecule has 0 aliphatic carbocycles. The van der Waals surface area contributed by atoms with Crippen LogP contribution in [-0.4, -0.2) is 19.7 Å². The number of methoxy groups -OCH3 is 1. The molecule has 0 spiro atoms. The summed E-state index contributed by atoms with van der Waals surface area (Å²) in [5.41, 5.74) is 2.42. The first-order valence-electron chi connectivity index (χ1n) is 7.67. The van der Waals surface area contributed by atoms with Crippen molar-refractivity contribution in [3.8, 4) is 0 Å². The molecule has 0 amide bonds. The lowest BCUT2D eigenvalue weighted by atomic mass is 10.1. The number of hydrogen-bond acceptors (Lipinski definition) is 4. The van der Waals surface area contributed by atoms with Gasteiger partial charge < -0.3 is 13.9 Å². The molecule has 0 unspecified atom stereocenters. The van der Waals surface area contributed by atoms with E-state index in [9.17, 15) is 4.79 Å². The van der Waals surface area contributed by atoms with Crippen LogP contribution in [0.1, 0.15) is 21.7 Å². The summed E-state index contributed by atoms with van der Waals surface area (Å²) in [5.74, 6) is -0.290. The maximum atomic E-state index is 12.3. The summed E-state index contributed by atoms with van der Waals surface area (Å²) in [6, 6.07) is 17.3. The van der Waals surface area contributed by atoms with Crippen molar-refractivity contribution in [2.75, 3.05) is 13.7 Å². The van der Waals surface area contributed by atoms with Crippen LogP contribution in [0.5, 0.6) is 0 Å². The van der Waals surface area contributed by atoms with Crippen molar-refractivity contribution in [1.29, 1.82) is 0 Å². The molecule has 0 atom stereocenters. The van der Waals surface area contributed by atoms with Crippen LogP contribution in [0, 0.1) is 0 Å². The standard InChI is InChI=1S/C20H18O4/c1-22-14-17-16-11-5-6-12-18(16)24-19(17)20(21)23-13-7-10-15-8-3-2-4-9-15/h2-12H,13-14H2,1H3/b10-7+. The molecule has 1 aromatic heterocycles.